The van der Waals surface area contributed by atoms with Crippen LogP contribution >= 0.6 is 0 Å². The quantitative estimate of drug-likeness (QED) is 0.568. The van der Waals surface area contributed by atoms with E-state index in [-0.39, 0.29) is 11.4 Å². The van der Waals surface area contributed by atoms with Crippen molar-refractivity contribution in [2.45, 2.75) is 0 Å². The zero-order valence-corrected chi connectivity index (χ0v) is 5.61. The summed E-state index contributed by atoms with van der Waals surface area (Å²) in [7, 11) is 0. The zero-order valence-electron chi connectivity index (χ0n) is 5.61. The molecular weight excluding hydrogens is 144 g/mol. The third kappa shape index (κ3) is 0.724. The Kier molecular flexibility index (Phi) is 1.03. The van der Waals surface area contributed by atoms with E-state index >= 15 is 0 Å². The van der Waals surface area contributed by atoms with Gasteiger partial charge in [0.15, 0.2) is 0 Å². The van der Waals surface area contributed by atoms with Gasteiger partial charge in [-0.15, -0.1) is 0 Å². The molecule has 0 aliphatic rings. The van der Waals surface area contributed by atoms with Gasteiger partial charge >= 0.3 is 5.69 Å². The fourth-order valence-corrected chi connectivity index (χ4v) is 1.03. The molecule has 0 spiro atoms. The van der Waals surface area contributed by atoms with Crippen LogP contribution in [-0.4, -0.2) is 14.5 Å². The highest BCUT2D eigenvalue weighted by Gasteiger charge is 1.99. The standard InChI is InChI=1S/C7H6N2O2/c10-6-2-1-3-9-5(6)4-8-7(9)11/h1-4,10H,(H,8,11). The van der Waals surface area contributed by atoms with Gasteiger partial charge in [-0.2, -0.15) is 0 Å². The summed E-state index contributed by atoms with van der Waals surface area (Å²) >= 11 is 0. The average Bonchev–Trinajstić information content (AvgIpc) is 2.35. The van der Waals surface area contributed by atoms with Gasteiger partial charge in [-0.05, 0) is 12.1 Å². The van der Waals surface area contributed by atoms with Crippen LogP contribution < -0.4 is 5.69 Å². The fraction of sp³-hybridized carbons (Fsp3) is 0. The first kappa shape index (κ1) is 6.03. The van der Waals surface area contributed by atoms with E-state index in [0.29, 0.717) is 5.52 Å². The number of imidazole rings is 1. The number of hydrogen-bond donors (Lipinski definition) is 2. The second-order valence-corrected chi connectivity index (χ2v) is 2.24. The molecule has 0 fully saturated rings. The smallest absolute Gasteiger partial charge is 0.330 e. The van der Waals surface area contributed by atoms with Crippen molar-refractivity contribution in [1.82, 2.24) is 9.38 Å². The maximum atomic E-state index is 10.9. The maximum Gasteiger partial charge on any atom is 0.330 e. The monoisotopic (exact) mass is 150 g/mol. The Balaban J connectivity index is 3.06. The van der Waals surface area contributed by atoms with Gasteiger partial charge in [0, 0.05) is 12.4 Å². The molecule has 2 N–H and O–H groups in total. The predicted octanol–water partition coefficient (Wildman–Crippen LogP) is 0.333. The van der Waals surface area contributed by atoms with Crippen molar-refractivity contribution in [2.24, 2.45) is 0 Å². The lowest BCUT2D eigenvalue weighted by Gasteiger charge is -1.92. The number of fused-ring (bicyclic) bond motifs is 1. The Morgan fingerprint density at radius 1 is 1.55 bits per heavy atom. The van der Waals surface area contributed by atoms with E-state index < -0.39 is 0 Å². The zero-order chi connectivity index (χ0) is 7.84. The summed E-state index contributed by atoms with van der Waals surface area (Å²) < 4.78 is 1.34. The van der Waals surface area contributed by atoms with E-state index in [2.05, 4.69) is 4.98 Å². The minimum Gasteiger partial charge on any atom is -0.506 e. The van der Waals surface area contributed by atoms with Crippen LogP contribution in [0.5, 0.6) is 5.75 Å². The molecule has 2 rings (SSSR count). The Labute approximate surface area is 61.7 Å². The molecule has 4 heteroatoms. The van der Waals surface area contributed by atoms with E-state index in [4.69, 9.17) is 0 Å². The number of nitrogens with zero attached hydrogens (tertiary/aromatic N) is 1. The molecule has 56 valence electrons. The summed E-state index contributed by atoms with van der Waals surface area (Å²) in [5.41, 5.74) is 0.258. The molecule has 2 aromatic heterocycles. The van der Waals surface area contributed by atoms with Crippen LogP contribution in [0.4, 0.5) is 0 Å². The Hall–Kier alpha value is -1.71. The molecule has 0 aliphatic heterocycles. The topological polar surface area (TPSA) is 57.5 Å². The number of aromatic hydroxyl groups is 1. The lowest BCUT2D eigenvalue weighted by atomic mass is 10.4. The molecule has 4 nitrogen and oxygen atoms in total. The number of aromatic amines is 1. The molecule has 2 heterocycles. The molecule has 11 heavy (non-hydrogen) atoms. The molecule has 0 saturated carbocycles. The molecule has 0 bridgehead atoms. The van der Waals surface area contributed by atoms with Gasteiger partial charge in [-0.3, -0.25) is 4.40 Å². The van der Waals surface area contributed by atoms with Crippen LogP contribution in [0.3, 0.4) is 0 Å². The maximum absolute atomic E-state index is 10.9. The van der Waals surface area contributed by atoms with E-state index in [1.807, 2.05) is 0 Å². The molecule has 0 atom stereocenters. The number of rotatable bonds is 0. The van der Waals surface area contributed by atoms with Crippen molar-refractivity contribution in [3.63, 3.8) is 0 Å². The van der Waals surface area contributed by atoms with Gasteiger partial charge in [-0.1, -0.05) is 0 Å². The van der Waals surface area contributed by atoms with Gasteiger partial charge in [-0.25, -0.2) is 4.79 Å². The van der Waals surface area contributed by atoms with Crippen LogP contribution in [0, 0.1) is 0 Å². The van der Waals surface area contributed by atoms with E-state index in [1.165, 1.54) is 16.7 Å². The van der Waals surface area contributed by atoms with Crippen molar-refractivity contribution in [3.05, 3.63) is 35.0 Å². The summed E-state index contributed by atoms with van der Waals surface area (Å²) in [6.07, 6.45) is 3.06. The van der Waals surface area contributed by atoms with Crippen molar-refractivity contribution in [3.8, 4) is 5.75 Å². The molecule has 0 amide bonds. The second kappa shape index (κ2) is 1.88. The average molecular weight is 150 g/mol. The third-order valence-corrected chi connectivity index (χ3v) is 1.56. The molecular formula is C7H6N2O2. The third-order valence-electron chi connectivity index (χ3n) is 1.56. The molecule has 0 aliphatic carbocycles. The van der Waals surface area contributed by atoms with Crippen molar-refractivity contribution < 1.29 is 5.11 Å². The van der Waals surface area contributed by atoms with Crippen molar-refractivity contribution in [2.75, 3.05) is 0 Å². The van der Waals surface area contributed by atoms with Crippen LogP contribution in [0.25, 0.3) is 5.52 Å². The first-order valence-corrected chi connectivity index (χ1v) is 3.17. The molecule has 0 unspecified atom stereocenters. The second-order valence-electron chi connectivity index (χ2n) is 2.24. The minimum absolute atomic E-state index is 0.103. The number of hydrogen-bond acceptors (Lipinski definition) is 2. The summed E-state index contributed by atoms with van der Waals surface area (Å²) in [5.74, 6) is 0.103. The van der Waals surface area contributed by atoms with Crippen LogP contribution in [-0.2, 0) is 0 Å². The van der Waals surface area contributed by atoms with E-state index in [0.717, 1.165) is 0 Å². The number of pyridine rings is 1. The first-order valence-electron chi connectivity index (χ1n) is 3.17. The highest BCUT2D eigenvalue weighted by molar-refractivity contribution is 5.57. The number of H-pyrrole nitrogens is 1. The van der Waals surface area contributed by atoms with E-state index in [9.17, 15) is 9.90 Å². The van der Waals surface area contributed by atoms with Crippen LogP contribution in [0.2, 0.25) is 0 Å². The lowest BCUT2D eigenvalue weighted by Crippen LogP contribution is -2.07. The number of aromatic nitrogens is 2. The SMILES string of the molecule is O=c1[nH]cc2c(O)cccn12. The summed E-state index contributed by atoms with van der Waals surface area (Å²) in [5, 5.41) is 9.20. The highest BCUT2D eigenvalue weighted by Crippen LogP contribution is 2.13. The van der Waals surface area contributed by atoms with Gasteiger partial charge in [0.05, 0.1) is 0 Å². The highest BCUT2D eigenvalue weighted by atomic mass is 16.3. The summed E-state index contributed by atoms with van der Waals surface area (Å²) in [4.78, 5) is 13.4. The fourth-order valence-electron chi connectivity index (χ4n) is 1.03. The van der Waals surface area contributed by atoms with Crippen molar-refractivity contribution in [1.29, 1.82) is 0 Å². The Morgan fingerprint density at radius 2 is 2.36 bits per heavy atom. The first-order chi connectivity index (χ1) is 5.29. The Bertz CT molecular complexity index is 441. The normalized spacial score (nSPS) is 10.5. The van der Waals surface area contributed by atoms with Gasteiger partial charge in [0.2, 0.25) is 0 Å². The van der Waals surface area contributed by atoms with Gasteiger partial charge in [0.25, 0.3) is 0 Å². The lowest BCUT2D eigenvalue weighted by molar-refractivity contribution is 0.479. The predicted molar refractivity (Wildman–Crippen MR) is 39.7 cm³/mol. The minimum atomic E-state index is -0.240. The van der Waals surface area contributed by atoms with Crippen LogP contribution in [0.1, 0.15) is 0 Å². The summed E-state index contributed by atoms with van der Waals surface area (Å²) in [6.45, 7) is 0. The Morgan fingerprint density at radius 3 is 3.09 bits per heavy atom. The largest absolute Gasteiger partial charge is 0.506 e. The molecule has 0 radical (unpaired) electrons. The molecule has 0 aromatic carbocycles. The van der Waals surface area contributed by atoms with Gasteiger partial charge in [0.1, 0.15) is 11.3 Å². The van der Waals surface area contributed by atoms with Gasteiger partial charge < -0.3 is 10.1 Å². The molecule has 0 saturated heterocycles. The summed E-state index contributed by atoms with van der Waals surface area (Å²) in [6, 6.07) is 3.14. The van der Waals surface area contributed by atoms with Crippen LogP contribution in [0.15, 0.2) is 29.3 Å². The number of nitrogens with one attached hydrogen (secondary N) is 1. The van der Waals surface area contributed by atoms with Crippen molar-refractivity contribution >= 4 is 5.52 Å². The molecule has 2 aromatic rings. The van der Waals surface area contributed by atoms with E-state index in [1.54, 1.807) is 12.3 Å².